The molecule has 6 N–H and O–H groups in total. The molecule has 0 aliphatic carbocycles. The number of hydrogen-bond acceptors (Lipinski definition) is 4. The van der Waals surface area contributed by atoms with Gasteiger partial charge in [-0.25, -0.2) is 5.84 Å². The lowest BCUT2D eigenvalue weighted by Crippen LogP contribution is -2.47. The number of carbonyl (C=O) groups is 1. The van der Waals surface area contributed by atoms with Gasteiger partial charge in [0.1, 0.15) is 12.1 Å². The monoisotopic (exact) mass is 195 g/mol. The Labute approximate surface area is 81.7 Å². The molecule has 0 fully saturated rings. The molecule has 0 spiro atoms. The third-order valence-electron chi connectivity index (χ3n) is 1.93. The van der Waals surface area contributed by atoms with Crippen molar-refractivity contribution in [3.05, 3.63) is 35.9 Å². The van der Waals surface area contributed by atoms with Crippen LogP contribution in [0.2, 0.25) is 0 Å². The van der Waals surface area contributed by atoms with E-state index in [2.05, 4.69) is 0 Å². The molecule has 2 atom stereocenters. The lowest BCUT2D eigenvalue weighted by molar-refractivity contribution is -0.124. The second-order valence-corrected chi connectivity index (χ2v) is 2.89. The molecule has 0 heterocycles. The highest BCUT2D eigenvalue weighted by molar-refractivity contribution is 5.81. The first-order valence-corrected chi connectivity index (χ1v) is 4.16. The van der Waals surface area contributed by atoms with Crippen LogP contribution in [0.3, 0.4) is 0 Å². The number of rotatable bonds is 3. The minimum atomic E-state index is -1.05. The van der Waals surface area contributed by atoms with Crippen LogP contribution in [-0.2, 0) is 4.79 Å². The molecule has 5 heteroatoms. The Morgan fingerprint density at radius 1 is 1.36 bits per heavy atom. The first-order chi connectivity index (χ1) is 6.66. The summed E-state index contributed by atoms with van der Waals surface area (Å²) < 4.78 is 0. The lowest BCUT2D eigenvalue weighted by atomic mass is 10.0. The molecule has 76 valence electrons. The predicted octanol–water partition coefficient (Wildman–Crippen LogP) is -0.963. The number of aliphatic hydroxyl groups excluding tert-OH is 1. The molecule has 14 heavy (non-hydrogen) atoms. The Hall–Kier alpha value is -1.43. The summed E-state index contributed by atoms with van der Waals surface area (Å²) in [7, 11) is 0. The highest BCUT2D eigenvalue weighted by Gasteiger charge is 2.22. The summed E-state index contributed by atoms with van der Waals surface area (Å²) in [4.78, 5) is 11.0. The number of carbonyl (C=O) groups excluding carboxylic acids is 1. The molecule has 0 aliphatic heterocycles. The van der Waals surface area contributed by atoms with Crippen molar-refractivity contribution < 1.29 is 9.90 Å². The minimum Gasteiger partial charge on any atom is -0.386 e. The third kappa shape index (κ3) is 2.29. The van der Waals surface area contributed by atoms with Crippen LogP contribution in [0.1, 0.15) is 11.7 Å². The van der Waals surface area contributed by atoms with Crippen molar-refractivity contribution in [1.29, 1.82) is 0 Å². The zero-order chi connectivity index (χ0) is 10.6. The Kier molecular flexibility index (Phi) is 3.58. The molecule has 1 aromatic rings. The van der Waals surface area contributed by atoms with E-state index in [1.807, 2.05) is 11.5 Å². The maximum atomic E-state index is 11.0. The van der Waals surface area contributed by atoms with Gasteiger partial charge >= 0.3 is 0 Å². The van der Waals surface area contributed by atoms with Crippen molar-refractivity contribution in [3.8, 4) is 0 Å². The molecule has 0 bridgehead atoms. The average Bonchev–Trinajstić information content (AvgIpc) is 2.27. The number of hydrazine groups is 1. The van der Waals surface area contributed by atoms with Crippen LogP contribution in [0.5, 0.6) is 0 Å². The van der Waals surface area contributed by atoms with E-state index in [1.165, 1.54) is 0 Å². The van der Waals surface area contributed by atoms with Crippen molar-refractivity contribution in [3.63, 3.8) is 0 Å². The second kappa shape index (κ2) is 4.71. The van der Waals surface area contributed by atoms with Crippen LogP contribution in [-0.4, -0.2) is 17.1 Å². The van der Waals surface area contributed by atoms with E-state index in [0.29, 0.717) is 5.56 Å². The molecule has 1 amide bonds. The Bertz CT molecular complexity index is 302. The molecule has 0 aromatic heterocycles. The van der Waals surface area contributed by atoms with Gasteiger partial charge in [0.15, 0.2) is 0 Å². The quantitative estimate of drug-likeness (QED) is 0.283. The minimum absolute atomic E-state index is 0.587. The number of benzene rings is 1. The van der Waals surface area contributed by atoms with E-state index >= 15 is 0 Å². The number of hydrogen-bond donors (Lipinski definition) is 4. The molecule has 0 aliphatic rings. The van der Waals surface area contributed by atoms with Gasteiger partial charge in [0.25, 0.3) is 5.91 Å². The summed E-state index contributed by atoms with van der Waals surface area (Å²) in [5.74, 6) is 4.30. The normalized spacial score (nSPS) is 14.5. The van der Waals surface area contributed by atoms with E-state index in [4.69, 9.17) is 11.6 Å². The molecule has 0 saturated carbocycles. The molecule has 0 saturated heterocycles. The summed E-state index contributed by atoms with van der Waals surface area (Å²) in [6, 6.07) is 7.65. The van der Waals surface area contributed by atoms with Crippen molar-refractivity contribution >= 4 is 5.91 Å². The molecule has 5 nitrogen and oxygen atoms in total. The standard InChI is InChI=1S/C9H13N3O2/c10-7(9(14)12-11)8(13)6-4-2-1-3-5-6/h1-5,7-8,13H,10-11H2,(H,12,14)/t7-,8+/m1/s1. The van der Waals surface area contributed by atoms with E-state index in [1.54, 1.807) is 24.3 Å². The first kappa shape index (κ1) is 10.6. The SMILES string of the molecule is NNC(=O)[C@H](N)[C@@H](O)c1ccccc1. The number of amides is 1. The van der Waals surface area contributed by atoms with Gasteiger partial charge in [-0.3, -0.25) is 10.2 Å². The first-order valence-electron chi connectivity index (χ1n) is 4.16. The van der Waals surface area contributed by atoms with Gasteiger partial charge in [-0.1, -0.05) is 30.3 Å². The number of aliphatic hydroxyl groups is 1. The maximum Gasteiger partial charge on any atom is 0.253 e. The summed E-state index contributed by atoms with van der Waals surface area (Å²) in [6.45, 7) is 0. The van der Waals surface area contributed by atoms with Crippen LogP contribution in [0, 0.1) is 0 Å². The largest absolute Gasteiger partial charge is 0.386 e. The Morgan fingerprint density at radius 2 is 1.93 bits per heavy atom. The van der Waals surface area contributed by atoms with Crippen LogP contribution in [0.15, 0.2) is 30.3 Å². The van der Waals surface area contributed by atoms with Gasteiger partial charge in [0, 0.05) is 0 Å². The molecule has 1 aromatic carbocycles. The highest BCUT2D eigenvalue weighted by atomic mass is 16.3. The fraction of sp³-hybridized carbons (Fsp3) is 0.222. The topological polar surface area (TPSA) is 101 Å². The molecule has 0 radical (unpaired) electrons. The summed E-state index contributed by atoms with van der Waals surface area (Å²) in [5, 5.41) is 9.65. The molecular weight excluding hydrogens is 182 g/mol. The lowest BCUT2D eigenvalue weighted by Gasteiger charge is -2.17. The fourth-order valence-electron chi connectivity index (χ4n) is 1.10. The van der Waals surface area contributed by atoms with Crippen LogP contribution in [0.4, 0.5) is 0 Å². The smallest absolute Gasteiger partial charge is 0.253 e. The van der Waals surface area contributed by atoms with Crippen molar-refractivity contribution in [1.82, 2.24) is 5.43 Å². The van der Waals surface area contributed by atoms with Gasteiger partial charge in [-0.15, -0.1) is 0 Å². The fourth-order valence-corrected chi connectivity index (χ4v) is 1.10. The van der Waals surface area contributed by atoms with Gasteiger partial charge < -0.3 is 10.8 Å². The summed E-state index contributed by atoms with van der Waals surface area (Å²) in [5.41, 5.74) is 7.94. The van der Waals surface area contributed by atoms with E-state index in [0.717, 1.165) is 0 Å². The predicted molar refractivity (Wildman–Crippen MR) is 51.7 cm³/mol. The van der Waals surface area contributed by atoms with Gasteiger partial charge in [-0.05, 0) is 5.56 Å². The van der Waals surface area contributed by atoms with E-state index in [9.17, 15) is 9.90 Å². The Morgan fingerprint density at radius 3 is 2.43 bits per heavy atom. The zero-order valence-corrected chi connectivity index (χ0v) is 7.55. The number of nitrogens with one attached hydrogen (secondary N) is 1. The summed E-state index contributed by atoms with van der Waals surface area (Å²) in [6.07, 6.45) is -1.04. The van der Waals surface area contributed by atoms with Crippen LogP contribution >= 0.6 is 0 Å². The molecular formula is C9H13N3O2. The number of nitrogens with two attached hydrogens (primary N) is 2. The van der Waals surface area contributed by atoms with Gasteiger partial charge in [0.2, 0.25) is 0 Å². The third-order valence-corrected chi connectivity index (χ3v) is 1.93. The van der Waals surface area contributed by atoms with Crippen molar-refractivity contribution in [2.75, 3.05) is 0 Å². The second-order valence-electron chi connectivity index (χ2n) is 2.89. The highest BCUT2D eigenvalue weighted by Crippen LogP contribution is 2.14. The van der Waals surface area contributed by atoms with Gasteiger partial charge in [0.05, 0.1) is 0 Å². The van der Waals surface area contributed by atoms with Crippen molar-refractivity contribution in [2.24, 2.45) is 11.6 Å². The van der Waals surface area contributed by atoms with Crippen molar-refractivity contribution in [2.45, 2.75) is 12.1 Å². The average molecular weight is 195 g/mol. The Balaban J connectivity index is 2.75. The molecule has 0 unspecified atom stereocenters. The maximum absolute atomic E-state index is 11.0. The van der Waals surface area contributed by atoms with E-state index in [-0.39, 0.29) is 0 Å². The van der Waals surface area contributed by atoms with Gasteiger partial charge in [-0.2, -0.15) is 0 Å². The molecule has 1 rings (SSSR count). The van der Waals surface area contributed by atoms with Crippen LogP contribution in [0.25, 0.3) is 0 Å². The van der Waals surface area contributed by atoms with Crippen LogP contribution < -0.4 is 17.0 Å². The van der Waals surface area contributed by atoms with E-state index < -0.39 is 18.1 Å². The summed E-state index contributed by atoms with van der Waals surface area (Å²) >= 11 is 0. The zero-order valence-electron chi connectivity index (χ0n) is 7.55.